The number of nitrogens with one attached hydrogen (secondary N) is 1. The van der Waals surface area contributed by atoms with Crippen LogP contribution in [0.1, 0.15) is 34.6 Å². The Morgan fingerprint density at radius 1 is 1.00 bits per heavy atom. The monoisotopic (exact) mass is 448 g/mol. The lowest BCUT2D eigenvalue weighted by Gasteiger charge is -2.42. The molecule has 7 nitrogen and oxygen atoms in total. The summed E-state index contributed by atoms with van der Waals surface area (Å²) < 4.78 is 13.9. The van der Waals surface area contributed by atoms with Gasteiger partial charge in [-0.15, -0.1) is 0 Å². The van der Waals surface area contributed by atoms with Crippen LogP contribution in [0, 0.1) is 5.82 Å². The fraction of sp³-hybridized carbons (Fsp3) is 0.280. The highest BCUT2D eigenvalue weighted by Gasteiger charge is 2.38. The Morgan fingerprint density at radius 3 is 2.27 bits per heavy atom. The number of hydrogen-bond acceptors (Lipinski definition) is 5. The molecule has 1 aliphatic heterocycles. The van der Waals surface area contributed by atoms with Crippen molar-refractivity contribution in [1.29, 1.82) is 0 Å². The van der Waals surface area contributed by atoms with Gasteiger partial charge in [-0.25, -0.2) is 19.2 Å². The van der Waals surface area contributed by atoms with Crippen molar-refractivity contribution in [2.24, 2.45) is 0 Å². The lowest BCUT2D eigenvalue weighted by Crippen LogP contribution is -2.47. The van der Waals surface area contributed by atoms with E-state index in [1.807, 2.05) is 18.2 Å². The van der Waals surface area contributed by atoms with Crippen LogP contribution in [-0.2, 0) is 11.8 Å². The Morgan fingerprint density at radius 2 is 1.64 bits per heavy atom. The first kappa shape index (κ1) is 22.5. The first-order valence-electron chi connectivity index (χ1n) is 10.8. The number of aliphatic hydroxyl groups is 1. The summed E-state index contributed by atoms with van der Waals surface area (Å²) in [5, 5.41) is 11.7. The van der Waals surface area contributed by atoms with Crippen LogP contribution >= 0.6 is 0 Å². The molecule has 1 aliphatic rings. The predicted octanol–water partition coefficient (Wildman–Crippen LogP) is 3.60. The van der Waals surface area contributed by atoms with Gasteiger partial charge in [0.25, 0.3) is 0 Å². The first-order valence-corrected chi connectivity index (χ1v) is 10.8. The molecule has 3 aromatic rings. The largest absolute Gasteiger partial charge is 0.388 e. The molecule has 1 aromatic heterocycles. The van der Waals surface area contributed by atoms with E-state index >= 15 is 0 Å². The number of ketones is 1. The Balaban J connectivity index is 1.50. The number of halogens is 1. The molecule has 4 rings (SSSR count). The number of anilines is 1. The SMILES string of the molecule is O=C(CO)c1cnc(CC2(c3ccccc3)CCN(C(=O)Nc3ccccc3F)CC2)nc1. The van der Waals surface area contributed by atoms with Gasteiger partial charge in [-0.1, -0.05) is 42.5 Å². The molecular formula is C25H25FN4O3. The zero-order valence-electron chi connectivity index (χ0n) is 18.1. The van der Waals surface area contributed by atoms with Gasteiger partial charge < -0.3 is 15.3 Å². The fourth-order valence-corrected chi connectivity index (χ4v) is 4.24. The number of urea groups is 1. The van der Waals surface area contributed by atoms with Crippen LogP contribution in [0.2, 0.25) is 0 Å². The topological polar surface area (TPSA) is 95.4 Å². The maximum atomic E-state index is 13.9. The quantitative estimate of drug-likeness (QED) is 0.562. The molecule has 8 heteroatoms. The third-order valence-corrected chi connectivity index (χ3v) is 6.18. The maximum Gasteiger partial charge on any atom is 0.321 e. The summed E-state index contributed by atoms with van der Waals surface area (Å²) in [7, 11) is 0. The molecule has 0 unspecified atom stereocenters. The molecule has 0 bridgehead atoms. The average Bonchev–Trinajstić information content (AvgIpc) is 2.86. The fourth-order valence-electron chi connectivity index (χ4n) is 4.24. The third-order valence-electron chi connectivity index (χ3n) is 6.18. The molecule has 0 spiro atoms. The molecule has 0 radical (unpaired) electrons. The summed E-state index contributed by atoms with van der Waals surface area (Å²) in [6.45, 7) is 0.411. The van der Waals surface area contributed by atoms with E-state index in [9.17, 15) is 14.0 Å². The van der Waals surface area contributed by atoms with E-state index in [1.54, 1.807) is 17.0 Å². The number of nitrogens with zero attached hydrogens (tertiary/aromatic N) is 3. The summed E-state index contributed by atoms with van der Waals surface area (Å²) in [6.07, 6.45) is 4.80. The van der Waals surface area contributed by atoms with Crippen molar-refractivity contribution < 1.29 is 19.1 Å². The molecule has 2 N–H and O–H groups in total. The number of aromatic nitrogens is 2. The normalized spacial score (nSPS) is 15.2. The van der Waals surface area contributed by atoms with E-state index < -0.39 is 18.2 Å². The van der Waals surface area contributed by atoms with Crippen LogP contribution in [0.3, 0.4) is 0 Å². The average molecular weight is 448 g/mol. The number of benzene rings is 2. The lowest BCUT2D eigenvalue weighted by atomic mass is 9.70. The van der Waals surface area contributed by atoms with Crippen LogP contribution in [0.5, 0.6) is 0 Å². The van der Waals surface area contributed by atoms with Gasteiger partial charge >= 0.3 is 6.03 Å². The molecule has 170 valence electrons. The molecule has 1 saturated heterocycles. The van der Waals surface area contributed by atoms with Gasteiger partial charge in [0, 0.05) is 37.3 Å². The summed E-state index contributed by atoms with van der Waals surface area (Å²) in [6, 6.07) is 15.8. The van der Waals surface area contributed by atoms with Gasteiger partial charge in [-0.3, -0.25) is 4.79 Å². The highest BCUT2D eigenvalue weighted by atomic mass is 19.1. The summed E-state index contributed by atoms with van der Waals surface area (Å²) in [5.74, 6) is -0.298. The van der Waals surface area contributed by atoms with Crippen molar-refractivity contribution in [1.82, 2.24) is 14.9 Å². The Bertz CT molecular complexity index is 1110. The van der Waals surface area contributed by atoms with E-state index in [0.29, 0.717) is 38.2 Å². The van der Waals surface area contributed by atoms with Gasteiger partial charge in [0.15, 0.2) is 5.78 Å². The number of aliphatic hydroxyl groups excluding tert-OH is 1. The van der Waals surface area contributed by atoms with Gasteiger partial charge in [0.05, 0.1) is 11.3 Å². The minimum Gasteiger partial charge on any atom is -0.388 e. The number of likely N-dealkylation sites (tertiary alicyclic amines) is 1. The van der Waals surface area contributed by atoms with Crippen LogP contribution in [0.4, 0.5) is 14.9 Å². The molecule has 0 aliphatic carbocycles. The second-order valence-electron chi connectivity index (χ2n) is 8.19. The van der Waals surface area contributed by atoms with Crippen LogP contribution < -0.4 is 5.32 Å². The van der Waals surface area contributed by atoms with Crippen LogP contribution in [-0.4, -0.2) is 51.5 Å². The molecule has 0 saturated carbocycles. The first-order chi connectivity index (χ1) is 16.0. The van der Waals surface area contributed by atoms with Crippen molar-refractivity contribution in [2.45, 2.75) is 24.7 Å². The standard InChI is InChI=1S/C25H25FN4O3/c26-20-8-4-5-9-21(20)29-24(33)30-12-10-25(11-13-30,19-6-2-1-3-7-19)14-23-27-15-18(16-28-23)22(32)17-31/h1-9,15-16,31H,10-14,17H2,(H,29,33). The second-order valence-corrected chi connectivity index (χ2v) is 8.19. The number of carbonyl (C=O) groups excluding carboxylic acids is 2. The molecule has 33 heavy (non-hydrogen) atoms. The van der Waals surface area contributed by atoms with Crippen LogP contribution in [0.15, 0.2) is 67.0 Å². The molecule has 2 amide bonds. The molecule has 2 heterocycles. The summed E-state index contributed by atoms with van der Waals surface area (Å²) in [4.78, 5) is 34.8. The minimum atomic E-state index is -0.582. The number of Topliss-reactive ketones (excluding diaryl/α,β-unsaturated/α-hetero) is 1. The lowest BCUT2D eigenvalue weighted by molar-refractivity contribution is 0.0903. The molecule has 2 aromatic carbocycles. The molecule has 1 fully saturated rings. The van der Waals surface area contributed by atoms with Crippen molar-refractivity contribution in [2.75, 3.05) is 25.0 Å². The Kier molecular flexibility index (Phi) is 6.74. The van der Waals surface area contributed by atoms with E-state index in [0.717, 1.165) is 5.56 Å². The third kappa shape index (κ3) is 5.06. The summed E-state index contributed by atoms with van der Waals surface area (Å²) >= 11 is 0. The van der Waals surface area contributed by atoms with Crippen molar-refractivity contribution in [3.63, 3.8) is 0 Å². The van der Waals surface area contributed by atoms with Gasteiger partial charge in [-0.2, -0.15) is 0 Å². The molecular weight excluding hydrogens is 423 g/mol. The smallest absolute Gasteiger partial charge is 0.321 e. The number of carbonyl (C=O) groups is 2. The van der Waals surface area contributed by atoms with E-state index in [1.165, 1.54) is 24.5 Å². The summed E-state index contributed by atoms with van der Waals surface area (Å²) in [5.41, 5.74) is 1.29. The van der Waals surface area contributed by atoms with Crippen molar-refractivity contribution in [3.05, 3.63) is 89.8 Å². The molecule has 0 atom stereocenters. The number of hydrogen-bond donors (Lipinski definition) is 2. The van der Waals surface area contributed by atoms with E-state index in [-0.39, 0.29) is 22.7 Å². The highest BCUT2D eigenvalue weighted by Crippen LogP contribution is 2.38. The number of amides is 2. The second kappa shape index (κ2) is 9.87. The Labute approximate surface area is 191 Å². The number of piperidine rings is 1. The minimum absolute atomic E-state index is 0.160. The van der Waals surface area contributed by atoms with E-state index in [2.05, 4.69) is 27.4 Å². The predicted molar refractivity (Wildman–Crippen MR) is 121 cm³/mol. The number of rotatable bonds is 6. The van der Waals surface area contributed by atoms with Gasteiger partial charge in [0.2, 0.25) is 0 Å². The van der Waals surface area contributed by atoms with Gasteiger partial charge in [-0.05, 0) is 30.5 Å². The highest BCUT2D eigenvalue weighted by molar-refractivity contribution is 5.96. The van der Waals surface area contributed by atoms with Gasteiger partial charge in [0.1, 0.15) is 18.2 Å². The zero-order valence-corrected chi connectivity index (χ0v) is 18.1. The van der Waals surface area contributed by atoms with Crippen molar-refractivity contribution >= 4 is 17.5 Å². The maximum absolute atomic E-state index is 13.9. The van der Waals surface area contributed by atoms with Crippen LogP contribution in [0.25, 0.3) is 0 Å². The van der Waals surface area contributed by atoms with Crippen molar-refractivity contribution in [3.8, 4) is 0 Å². The number of para-hydroxylation sites is 1. The Hall–Kier alpha value is -3.65. The zero-order chi connectivity index (χ0) is 23.3. The van der Waals surface area contributed by atoms with E-state index in [4.69, 9.17) is 5.11 Å².